The van der Waals surface area contributed by atoms with Gasteiger partial charge < -0.3 is 15.0 Å². The number of aromatic nitrogens is 1. The lowest BCUT2D eigenvalue weighted by Gasteiger charge is -2.59. The van der Waals surface area contributed by atoms with Crippen LogP contribution in [0.5, 0.6) is 0 Å². The molecular formula is C22H28N2O2. The number of aromatic amines is 1. The van der Waals surface area contributed by atoms with E-state index < -0.39 is 5.60 Å². The van der Waals surface area contributed by atoms with E-state index in [4.69, 9.17) is 0 Å². The summed E-state index contributed by atoms with van der Waals surface area (Å²) in [6.45, 7) is 4.30. The molecular weight excluding hydrogens is 324 g/mol. The van der Waals surface area contributed by atoms with Crippen LogP contribution < -0.4 is 0 Å². The van der Waals surface area contributed by atoms with Gasteiger partial charge in [-0.3, -0.25) is 4.79 Å². The maximum atomic E-state index is 13.2. The van der Waals surface area contributed by atoms with E-state index in [1.807, 2.05) is 0 Å². The molecule has 138 valence electrons. The molecule has 2 saturated carbocycles. The molecule has 0 spiro atoms. The molecule has 4 fully saturated rings. The van der Waals surface area contributed by atoms with Gasteiger partial charge in [-0.1, -0.05) is 19.1 Å². The number of amides is 1. The largest absolute Gasteiger partial charge is 0.390 e. The molecule has 26 heavy (non-hydrogen) atoms. The second-order valence-corrected chi connectivity index (χ2v) is 9.13. The molecule has 1 aromatic heterocycles. The first-order valence-electron chi connectivity index (χ1n) is 10.0. The molecule has 2 aliphatic heterocycles. The molecule has 6 rings (SSSR count). The van der Waals surface area contributed by atoms with Crippen LogP contribution in [0.3, 0.4) is 0 Å². The van der Waals surface area contributed by atoms with Gasteiger partial charge in [0, 0.05) is 35.6 Å². The van der Waals surface area contributed by atoms with Gasteiger partial charge in [-0.15, -0.1) is 0 Å². The molecule has 0 radical (unpaired) electrons. The number of hydrogen-bond donors (Lipinski definition) is 2. The van der Waals surface area contributed by atoms with E-state index in [0.29, 0.717) is 12.3 Å². The average Bonchev–Trinajstić information content (AvgIpc) is 2.98. The monoisotopic (exact) mass is 352 g/mol. The van der Waals surface area contributed by atoms with Crippen LogP contribution in [0.2, 0.25) is 0 Å². The van der Waals surface area contributed by atoms with Gasteiger partial charge in [-0.2, -0.15) is 0 Å². The minimum atomic E-state index is -0.493. The van der Waals surface area contributed by atoms with Gasteiger partial charge in [0.05, 0.1) is 5.60 Å². The molecule has 4 nitrogen and oxygen atoms in total. The molecule has 4 heteroatoms. The van der Waals surface area contributed by atoms with Crippen LogP contribution >= 0.6 is 0 Å². The lowest BCUT2D eigenvalue weighted by molar-refractivity contribution is -0.174. The van der Waals surface area contributed by atoms with Crippen LogP contribution in [-0.4, -0.2) is 38.6 Å². The lowest BCUT2D eigenvalue weighted by Crippen LogP contribution is -2.65. The maximum absolute atomic E-state index is 13.2. The fraction of sp³-hybridized carbons (Fsp3) is 0.591. The van der Waals surface area contributed by atoms with Crippen molar-refractivity contribution in [1.82, 2.24) is 9.88 Å². The van der Waals surface area contributed by atoms with Crippen LogP contribution in [0.25, 0.3) is 10.9 Å². The van der Waals surface area contributed by atoms with Crippen LogP contribution in [-0.2, 0) is 4.79 Å². The summed E-state index contributed by atoms with van der Waals surface area (Å²) in [5, 5.41) is 12.0. The molecule has 3 unspecified atom stereocenters. The number of benzene rings is 1. The van der Waals surface area contributed by atoms with Crippen LogP contribution in [0.4, 0.5) is 0 Å². The van der Waals surface area contributed by atoms with Gasteiger partial charge in [-0.25, -0.2) is 0 Å². The standard InChI is InChI=1S/C22H28N2O2/c1-13-4-3-5-19-21(13)18(12-23-19)14(2)6-20(25)24-16-7-15-8-17(24)11-22(26,9-15)10-16/h3-5,12,14-17,23,26H,6-11H2,1-2H3. The van der Waals surface area contributed by atoms with Crippen molar-refractivity contribution >= 4 is 16.8 Å². The Morgan fingerprint density at radius 1 is 1.31 bits per heavy atom. The SMILES string of the molecule is Cc1cccc2[nH]cc(C(C)CC(=O)N3C4CC5CC3CC(O)(C5)C4)c12. The molecule has 2 N–H and O–H groups in total. The zero-order chi connectivity index (χ0) is 18.1. The van der Waals surface area contributed by atoms with E-state index >= 15 is 0 Å². The first kappa shape index (κ1) is 16.4. The molecule has 4 aliphatic rings. The third-order valence-corrected chi connectivity index (χ3v) is 7.14. The van der Waals surface area contributed by atoms with Crippen molar-refractivity contribution in [2.24, 2.45) is 5.92 Å². The van der Waals surface area contributed by atoms with Crippen molar-refractivity contribution < 1.29 is 9.90 Å². The summed E-state index contributed by atoms with van der Waals surface area (Å²) in [7, 11) is 0. The molecule has 1 aromatic carbocycles. The van der Waals surface area contributed by atoms with Crippen LogP contribution in [0.1, 0.15) is 62.5 Å². The highest BCUT2D eigenvalue weighted by Crippen LogP contribution is 2.51. The number of aliphatic hydroxyl groups is 1. The lowest BCUT2D eigenvalue weighted by atomic mass is 9.61. The highest BCUT2D eigenvalue weighted by Gasteiger charge is 2.54. The number of hydrogen-bond acceptors (Lipinski definition) is 2. The number of aryl methyl sites for hydroxylation is 1. The topological polar surface area (TPSA) is 56.3 Å². The van der Waals surface area contributed by atoms with Crippen LogP contribution in [0, 0.1) is 12.8 Å². The number of H-pyrrole nitrogens is 1. The third kappa shape index (κ3) is 2.42. The molecule has 1 amide bonds. The molecule has 3 heterocycles. The number of nitrogens with one attached hydrogen (secondary N) is 1. The van der Waals surface area contributed by atoms with Gasteiger partial charge in [0.1, 0.15) is 0 Å². The van der Waals surface area contributed by atoms with Crippen molar-refractivity contribution in [2.45, 2.75) is 76.0 Å². The molecule has 2 aromatic rings. The van der Waals surface area contributed by atoms with Crippen molar-refractivity contribution in [2.75, 3.05) is 0 Å². The first-order chi connectivity index (χ1) is 12.4. The second kappa shape index (κ2) is 5.59. The number of carbonyl (C=O) groups excluding carboxylic acids is 1. The minimum Gasteiger partial charge on any atom is -0.390 e. The molecule has 4 bridgehead atoms. The normalized spacial score (nSPS) is 33.8. The quantitative estimate of drug-likeness (QED) is 0.881. The summed E-state index contributed by atoms with van der Waals surface area (Å²) >= 11 is 0. The van der Waals surface area contributed by atoms with Gasteiger partial charge in [-0.05, 0) is 68.1 Å². The van der Waals surface area contributed by atoms with Crippen molar-refractivity contribution in [3.63, 3.8) is 0 Å². The van der Waals surface area contributed by atoms with E-state index in [1.165, 1.54) is 16.5 Å². The summed E-state index contributed by atoms with van der Waals surface area (Å²) in [5.41, 5.74) is 3.16. The van der Waals surface area contributed by atoms with E-state index in [1.54, 1.807) is 0 Å². The fourth-order valence-corrected chi connectivity index (χ4v) is 6.26. The summed E-state index contributed by atoms with van der Waals surface area (Å²) in [6, 6.07) is 6.82. The first-order valence-corrected chi connectivity index (χ1v) is 10.0. The number of carbonyl (C=O) groups is 1. The number of fused-ring (bicyclic) bond motifs is 1. The van der Waals surface area contributed by atoms with E-state index in [0.717, 1.165) is 37.6 Å². The Kier molecular flexibility index (Phi) is 3.52. The average molecular weight is 352 g/mol. The van der Waals surface area contributed by atoms with Crippen molar-refractivity contribution in [1.29, 1.82) is 0 Å². The zero-order valence-electron chi connectivity index (χ0n) is 15.7. The predicted octanol–water partition coefficient (Wildman–Crippen LogP) is 3.87. The Hall–Kier alpha value is -1.81. The van der Waals surface area contributed by atoms with Gasteiger partial charge in [0.2, 0.25) is 5.91 Å². The van der Waals surface area contributed by atoms with E-state index in [2.05, 4.69) is 48.1 Å². The highest BCUT2D eigenvalue weighted by molar-refractivity contribution is 5.88. The number of rotatable bonds is 3. The zero-order valence-corrected chi connectivity index (χ0v) is 15.7. The Morgan fingerprint density at radius 3 is 2.73 bits per heavy atom. The summed E-state index contributed by atoms with van der Waals surface area (Å²) in [6.07, 6.45) is 7.32. The van der Waals surface area contributed by atoms with Crippen LogP contribution in [0.15, 0.2) is 24.4 Å². The Morgan fingerprint density at radius 2 is 2.04 bits per heavy atom. The van der Waals surface area contributed by atoms with Gasteiger partial charge >= 0.3 is 0 Å². The molecule has 3 atom stereocenters. The van der Waals surface area contributed by atoms with Gasteiger partial charge in [0.15, 0.2) is 0 Å². The maximum Gasteiger partial charge on any atom is 0.223 e. The smallest absolute Gasteiger partial charge is 0.223 e. The number of piperidine rings is 2. The Bertz CT molecular complexity index is 854. The third-order valence-electron chi connectivity index (χ3n) is 7.14. The summed E-state index contributed by atoms with van der Waals surface area (Å²) < 4.78 is 0. The van der Waals surface area contributed by atoms with E-state index in [9.17, 15) is 9.90 Å². The minimum absolute atomic E-state index is 0.192. The predicted molar refractivity (Wildman–Crippen MR) is 102 cm³/mol. The summed E-state index contributed by atoms with van der Waals surface area (Å²) in [4.78, 5) is 18.7. The van der Waals surface area contributed by atoms with Gasteiger partial charge in [0.25, 0.3) is 0 Å². The molecule has 2 aliphatic carbocycles. The Labute approximate surface area is 154 Å². The van der Waals surface area contributed by atoms with E-state index in [-0.39, 0.29) is 23.9 Å². The van der Waals surface area contributed by atoms with Crippen molar-refractivity contribution in [3.05, 3.63) is 35.5 Å². The number of nitrogens with zero attached hydrogens (tertiary/aromatic N) is 1. The van der Waals surface area contributed by atoms with Crippen molar-refractivity contribution in [3.8, 4) is 0 Å². The Balaban J connectivity index is 1.37. The summed E-state index contributed by atoms with van der Waals surface area (Å²) in [5.74, 6) is 1.09. The fourth-order valence-electron chi connectivity index (χ4n) is 6.26. The molecule has 2 saturated heterocycles. The highest BCUT2D eigenvalue weighted by atomic mass is 16.3. The second-order valence-electron chi connectivity index (χ2n) is 9.13.